The summed E-state index contributed by atoms with van der Waals surface area (Å²) < 4.78 is 1.20. The Hall–Kier alpha value is -0.120. The lowest BCUT2D eigenvalue weighted by atomic mass is 9.97. The molecule has 3 heteroatoms. The Bertz CT molecular complexity index is 450. The van der Waals surface area contributed by atoms with Crippen LogP contribution in [0.15, 0.2) is 46.3 Å². The molecule has 1 aromatic heterocycles. The van der Waals surface area contributed by atoms with E-state index < -0.39 is 0 Å². The minimum atomic E-state index is 0.669. The molecule has 0 aliphatic carbocycles. The summed E-state index contributed by atoms with van der Waals surface area (Å²) in [5, 5.41) is 3.21. The molecular weight excluding hydrogens is 360 g/mol. The van der Waals surface area contributed by atoms with Gasteiger partial charge in [-0.05, 0) is 46.3 Å². The Kier molecular flexibility index (Phi) is 5.26. The quantitative estimate of drug-likeness (QED) is 0.623. The van der Waals surface area contributed by atoms with Crippen LogP contribution in [0.5, 0.6) is 0 Å². The lowest BCUT2D eigenvalue weighted by Gasteiger charge is -2.12. The molecule has 0 bridgehead atoms. The number of thiophene rings is 1. The molecule has 2 rings (SSSR count). The number of alkyl halides is 1. The van der Waals surface area contributed by atoms with Crippen molar-refractivity contribution < 1.29 is 0 Å². The Morgan fingerprint density at radius 3 is 2.47 bits per heavy atom. The molecule has 1 heterocycles. The van der Waals surface area contributed by atoms with Gasteiger partial charge in [-0.25, -0.2) is 0 Å². The van der Waals surface area contributed by atoms with Crippen molar-refractivity contribution in [1.82, 2.24) is 0 Å². The van der Waals surface area contributed by atoms with Gasteiger partial charge in [0.05, 0.1) is 0 Å². The summed E-state index contributed by atoms with van der Waals surface area (Å²) in [5.41, 5.74) is 1.42. The van der Waals surface area contributed by atoms with Crippen LogP contribution in [0.3, 0.4) is 0 Å². The highest BCUT2D eigenvalue weighted by molar-refractivity contribution is 9.10. The Morgan fingerprint density at radius 2 is 1.88 bits per heavy atom. The molecule has 0 N–H and O–H groups in total. The second kappa shape index (κ2) is 6.72. The molecule has 0 aliphatic heterocycles. The molecule has 0 spiro atoms. The monoisotopic (exact) mass is 372 g/mol. The first kappa shape index (κ1) is 13.3. The van der Waals surface area contributed by atoms with E-state index in [0.717, 1.165) is 18.2 Å². The van der Waals surface area contributed by atoms with Gasteiger partial charge in [-0.15, -0.1) is 11.3 Å². The molecule has 1 unspecified atom stereocenters. The van der Waals surface area contributed by atoms with Crippen LogP contribution in [0.25, 0.3) is 0 Å². The minimum absolute atomic E-state index is 0.669. The average molecular weight is 374 g/mol. The van der Waals surface area contributed by atoms with Gasteiger partial charge in [-0.2, -0.15) is 0 Å². The molecule has 90 valence electrons. The highest BCUT2D eigenvalue weighted by Crippen LogP contribution is 2.24. The van der Waals surface area contributed by atoms with Crippen LogP contribution < -0.4 is 0 Å². The predicted molar refractivity (Wildman–Crippen MR) is 83.2 cm³/mol. The van der Waals surface area contributed by atoms with Gasteiger partial charge < -0.3 is 0 Å². The molecule has 0 nitrogen and oxygen atoms in total. The molecule has 1 aromatic carbocycles. The number of benzene rings is 1. The molecule has 17 heavy (non-hydrogen) atoms. The van der Waals surface area contributed by atoms with Crippen LogP contribution in [-0.2, 0) is 12.8 Å². The van der Waals surface area contributed by atoms with Crippen molar-refractivity contribution in [2.75, 3.05) is 5.33 Å². The summed E-state index contributed by atoms with van der Waals surface area (Å²) in [4.78, 5) is 1.46. The zero-order chi connectivity index (χ0) is 12.1. The largest absolute Gasteiger partial charge is 0.148 e. The van der Waals surface area contributed by atoms with Crippen molar-refractivity contribution in [3.8, 4) is 0 Å². The molecular formula is C14H14Br2S. The highest BCUT2D eigenvalue weighted by Gasteiger charge is 2.10. The average Bonchev–Trinajstić information content (AvgIpc) is 2.75. The van der Waals surface area contributed by atoms with E-state index in [4.69, 9.17) is 0 Å². The first-order chi connectivity index (χ1) is 8.28. The third-order valence-electron chi connectivity index (χ3n) is 2.70. The van der Waals surface area contributed by atoms with Crippen molar-refractivity contribution in [3.63, 3.8) is 0 Å². The van der Waals surface area contributed by atoms with E-state index in [2.05, 4.69) is 73.6 Å². The molecule has 0 saturated heterocycles. The number of halogens is 2. The van der Waals surface area contributed by atoms with E-state index in [1.54, 1.807) is 0 Å². The van der Waals surface area contributed by atoms with Crippen LogP contribution in [0.4, 0.5) is 0 Å². The fraction of sp³-hybridized carbons (Fsp3) is 0.286. The number of rotatable bonds is 5. The third-order valence-corrected chi connectivity index (χ3v) is 5.33. The Labute approximate surface area is 123 Å². The molecule has 0 aliphatic rings. The van der Waals surface area contributed by atoms with Crippen molar-refractivity contribution in [2.45, 2.75) is 12.8 Å². The summed E-state index contributed by atoms with van der Waals surface area (Å²) in [6.45, 7) is 0. The summed E-state index contributed by atoms with van der Waals surface area (Å²) in [5.74, 6) is 0.669. The first-order valence-electron chi connectivity index (χ1n) is 5.60. The van der Waals surface area contributed by atoms with Crippen LogP contribution in [-0.4, -0.2) is 5.33 Å². The topological polar surface area (TPSA) is 0 Å². The molecule has 1 atom stereocenters. The van der Waals surface area contributed by atoms with E-state index in [-0.39, 0.29) is 0 Å². The van der Waals surface area contributed by atoms with Crippen LogP contribution in [0.1, 0.15) is 10.4 Å². The van der Waals surface area contributed by atoms with E-state index in [1.165, 1.54) is 14.9 Å². The van der Waals surface area contributed by atoms with Crippen molar-refractivity contribution in [2.24, 2.45) is 5.92 Å². The second-order valence-corrected chi connectivity index (χ2v) is 6.70. The van der Waals surface area contributed by atoms with Gasteiger partial charge in [0, 0.05) is 20.1 Å². The van der Waals surface area contributed by atoms with Crippen molar-refractivity contribution in [1.29, 1.82) is 0 Å². The SMILES string of the molecule is BrCC(Cc1ccccc1)Cc1cc(Br)cs1. The van der Waals surface area contributed by atoms with Gasteiger partial charge in [-0.1, -0.05) is 46.3 Å². The van der Waals surface area contributed by atoms with E-state index in [9.17, 15) is 0 Å². The fourth-order valence-electron chi connectivity index (χ4n) is 1.87. The summed E-state index contributed by atoms with van der Waals surface area (Å²) in [6.07, 6.45) is 2.29. The summed E-state index contributed by atoms with van der Waals surface area (Å²) >= 11 is 8.98. The number of hydrogen-bond acceptors (Lipinski definition) is 1. The summed E-state index contributed by atoms with van der Waals surface area (Å²) in [7, 11) is 0. The minimum Gasteiger partial charge on any atom is -0.148 e. The maximum atomic E-state index is 3.63. The van der Waals surface area contributed by atoms with Gasteiger partial charge in [0.2, 0.25) is 0 Å². The van der Waals surface area contributed by atoms with Crippen molar-refractivity contribution in [3.05, 3.63) is 56.7 Å². The number of hydrogen-bond donors (Lipinski definition) is 0. The maximum Gasteiger partial charge on any atom is 0.0285 e. The fourth-order valence-corrected chi connectivity index (χ4v) is 3.90. The van der Waals surface area contributed by atoms with Crippen LogP contribution in [0.2, 0.25) is 0 Å². The Balaban J connectivity index is 1.98. The van der Waals surface area contributed by atoms with Gasteiger partial charge in [-0.3, -0.25) is 0 Å². The molecule has 0 radical (unpaired) electrons. The molecule has 0 saturated carbocycles. The van der Waals surface area contributed by atoms with Crippen LogP contribution in [0, 0.1) is 5.92 Å². The van der Waals surface area contributed by atoms with Crippen LogP contribution >= 0.6 is 43.2 Å². The van der Waals surface area contributed by atoms with E-state index in [1.807, 2.05) is 11.3 Å². The standard InChI is InChI=1S/C14H14Br2S/c15-9-12(6-11-4-2-1-3-5-11)7-14-8-13(16)10-17-14/h1-5,8,10,12H,6-7,9H2. The molecule has 2 aromatic rings. The Morgan fingerprint density at radius 1 is 1.12 bits per heavy atom. The molecule has 0 amide bonds. The zero-order valence-corrected chi connectivity index (χ0v) is 13.4. The van der Waals surface area contributed by atoms with Gasteiger partial charge in [0.25, 0.3) is 0 Å². The van der Waals surface area contributed by atoms with Crippen molar-refractivity contribution >= 4 is 43.2 Å². The van der Waals surface area contributed by atoms with E-state index in [0.29, 0.717) is 5.92 Å². The summed E-state index contributed by atoms with van der Waals surface area (Å²) in [6, 6.07) is 12.9. The maximum absolute atomic E-state index is 3.63. The van der Waals surface area contributed by atoms with Gasteiger partial charge in [0.15, 0.2) is 0 Å². The normalized spacial score (nSPS) is 12.6. The van der Waals surface area contributed by atoms with Gasteiger partial charge >= 0.3 is 0 Å². The molecule has 0 fully saturated rings. The lowest BCUT2D eigenvalue weighted by Crippen LogP contribution is -2.08. The first-order valence-corrected chi connectivity index (χ1v) is 8.40. The highest BCUT2D eigenvalue weighted by atomic mass is 79.9. The second-order valence-electron chi connectivity index (χ2n) is 4.15. The lowest BCUT2D eigenvalue weighted by molar-refractivity contribution is 0.596. The smallest absolute Gasteiger partial charge is 0.0285 e. The zero-order valence-electron chi connectivity index (χ0n) is 9.40. The van der Waals surface area contributed by atoms with Gasteiger partial charge in [0.1, 0.15) is 0 Å². The van der Waals surface area contributed by atoms with E-state index >= 15 is 0 Å². The third kappa shape index (κ3) is 4.23. The predicted octanol–water partition coefficient (Wildman–Crippen LogP) is 5.31.